The van der Waals surface area contributed by atoms with Gasteiger partial charge in [0, 0.05) is 10.6 Å². The number of aromatic nitrogens is 2. The second-order valence-corrected chi connectivity index (χ2v) is 3.56. The van der Waals surface area contributed by atoms with Crippen LogP contribution in [-0.2, 0) is 0 Å². The first-order valence-electron chi connectivity index (χ1n) is 4.60. The van der Waals surface area contributed by atoms with Gasteiger partial charge in [-0.3, -0.25) is 4.79 Å². The summed E-state index contributed by atoms with van der Waals surface area (Å²) >= 11 is 5.88. The van der Waals surface area contributed by atoms with Crippen LogP contribution in [0, 0.1) is 0 Å². The van der Waals surface area contributed by atoms with Crippen molar-refractivity contribution in [2.24, 2.45) is 0 Å². The molecule has 0 spiro atoms. The third-order valence-corrected chi connectivity index (χ3v) is 2.35. The SMILES string of the molecule is COc1c(-c2cccc(Cl)c2)nc[nH]c1=O. The number of ether oxygens (including phenoxy) is 1. The third-order valence-electron chi connectivity index (χ3n) is 2.11. The molecule has 1 aromatic carbocycles. The van der Waals surface area contributed by atoms with Gasteiger partial charge in [0.25, 0.3) is 5.56 Å². The Morgan fingerprint density at radius 1 is 1.44 bits per heavy atom. The Labute approximate surface area is 96.9 Å². The summed E-state index contributed by atoms with van der Waals surface area (Å²) in [6.07, 6.45) is 1.33. The molecule has 1 N–H and O–H groups in total. The summed E-state index contributed by atoms with van der Waals surface area (Å²) < 4.78 is 5.02. The molecule has 0 radical (unpaired) electrons. The molecule has 1 heterocycles. The van der Waals surface area contributed by atoms with E-state index in [9.17, 15) is 4.79 Å². The van der Waals surface area contributed by atoms with Crippen LogP contribution in [0.1, 0.15) is 0 Å². The Morgan fingerprint density at radius 3 is 2.94 bits per heavy atom. The van der Waals surface area contributed by atoms with Gasteiger partial charge in [-0.1, -0.05) is 23.7 Å². The zero-order valence-electron chi connectivity index (χ0n) is 8.53. The number of nitrogens with one attached hydrogen (secondary N) is 1. The van der Waals surface area contributed by atoms with Gasteiger partial charge in [-0.15, -0.1) is 0 Å². The quantitative estimate of drug-likeness (QED) is 0.869. The first-order valence-corrected chi connectivity index (χ1v) is 4.98. The minimum absolute atomic E-state index is 0.185. The number of aromatic amines is 1. The van der Waals surface area contributed by atoms with E-state index >= 15 is 0 Å². The molecule has 0 amide bonds. The minimum atomic E-state index is -0.313. The van der Waals surface area contributed by atoms with Crippen molar-refractivity contribution in [2.75, 3.05) is 7.11 Å². The van der Waals surface area contributed by atoms with Crippen LogP contribution in [0.3, 0.4) is 0 Å². The number of hydrogen-bond donors (Lipinski definition) is 1. The van der Waals surface area contributed by atoms with E-state index < -0.39 is 0 Å². The standard InChI is InChI=1S/C11H9ClN2O2/c1-16-10-9(13-6-14-11(10)15)7-3-2-4-8(12)5-7/h2-6H,1H3,(H,13,14,15). The van der Waals surface area contributed by atoms with Gasteiger partial charge in [-0.25, -0.2) is 4.98 Å². The van der Waals surface area contributed by atoms with Crippen molar-refractivity contribution in [2.45, 2.75) is 0 Å². The molecule has 0 saturated carbocycles. The fourth-order valence-corrected chi connectivity index (χ4v) is 1.61. The molecule has 0 saturated heterocycles. The van der Waals surface area contributed by atoms with Crippen LogP contribution in [0.25, 0.3) is 11.3 Å². The molecule has 4 nitrogen and oxygen atoms in total. The first kappa shape index (κ1) is 10.7. The Morgan fingerprint density at radius 2 is 2.25 bits per heavy atom. The lowest BCUT2D eigenvalue weighted by molar-refractivity contribution is 0.408. The van der Waals surface area contributed by atoms with E-state index in [4.69, 9.17) is 16.3 Å². The van der Waals surface area contributed by atoms with E-state index in [0.717, 1.165) is 5.56 Å². The highest BCUT2D eigenvalue weighted by molar-refractivity contribution is 6.30. The van der Waals surface area contributed by atoms with Crippen molar-refractivity contribution in [1.82, 2.24) is 9.97 Å². The number of methoxy groups -OCH3 is 1. The van der Waals surface area contributed by atoms with Gasteiger partial charge in [0.1, 0.15) is 5.69 Å². The van der Waals surface area contributed by atoms with Crippen LogP contribution in [-0.4, -0.2) is 17.1 Å². The van der Waals surface area contributed by atoms with Crippen LogP contribution in [0.2, 0.25) is 5.02 Å². The molecule has 1 aromatic heterocycles. The zero-order chi connectivity index (χ0) is 11.5. The smallest absolute Gasteiger partial charge is 0.293 e. The first-order chi connectivity index (χ1) is 7.72. The van der Waals surface area contributed by atoms with Crippen LogP contribution < -0.4 is 10.3 Å². The Kier molecular flexibility index (Phi) is 2.92. The number of halogens is 1. The monoisotopic (exact) mass is 236 g/mol. The molecule has 2 aromatic rings. The maximum atomic E-state index is 11.5. The molecule has 0 aliphatic heterocycles. The molecule has 16 heavy (non-hydrogen) atoms. The molecule has 2 rings (SSSR count). The summed E-state index contributed by atoms with van der Waals surface area (Å²) in [5, 5.41) is 0.585. The fraction of sp³-hybridized carbons (Fsp3) is 0.0909. The van der Waals surface area contributed by atoms with Gasteiger partial charge in [-0.05, 0) is 12.1 Å². The van der Waals surface area contributed by atoms with Gasteiger partial charge in [0.05, 0.1) is 13.4 Å². The number of nitrogens with zero attached hydrogens (tertiary/aromatic N) is 1. The van der Waals surface area contributed by atoms with Crippen LogP contribution in [0.4, 0.5) is 0 Å². The summed E-state index contributed by atoms with van der Waals surface area (Å²) in [5.74, 6) is 0.185. The summed E-state index contributed by atoms with van der Waals surface area (Å²) in [6, 6.07) is 7.09. The number of hydrogen-bond acceptors (Lipinski definition) is 3. The van der Waals surface area contributed by atoms with Crippen molar-refractivity contribution in [3.8, 4) is 17.0 Å². The Hall–Kier alpha value is -1.81. The third kappa shape index (κ3) is 1.92. The topological polar surface area (TPSA) is 55.0 Å². The van der Waals surface area contributed by atoms with Crippen LogP contribution >= 0.6 is 11.6 Å². The van der Waals surface area contributed by atoms with Crippen molar-refractivity contribution in [3.05, 3.63) is 46.0 Å². The largest absolute Gasteiger partial charge is 0.490 e. The predicted molar refractivity (Wildman–Crippen MR) is 61.9 cm³/mol. The van der Waals surface area contributed by atoms with Crippen molar-refractivity contribution in [3.63, 3.8) is 0 Å². The average molecular weight is 237 g/mol. The number of rotatable bonds is 2. The van der Waals surface area contributed by atoms with Gasteiger partial charge in [0.15, 0.2) is 0 Å². The van der Waals surface area contributed by atoms with E-state index in [2.05, 4.69) is 9.97 Å². The van der Waals surface area contributed by atoms with E-state index in [1.165, 1.54) is 13.4 Å². The van der Waals surface area contributed by atoms with E-state index in [-0.39, 0.29) is 11.3 Å². The summed E-state index contributed by atoms with van der Waals surface area (Å²) in [4.78, 5) is 18.0. The van der Waals surface area contributed by atoms with Crippen molar-refractivity contribution < 1.29 is 4.74 Å². The lowest BCUT2D eigenvalue weighted by Gasteiger charge is -2.05. The van der Waals surface area contributed by atoms with E-state index in [1.807, 2.05) is 6.07 Å². The lowest BCUT2D eigenvalue weighted by Crippen LogP contribution is -2.11. The molecular weight excluding hydrogens is 228 g/mol. The highest BCUT2D eigenvalue weighted by Crippen LogP contribution is 2.25. The molecule has 0 bridgehead atoms. The summed E-state index contributed by atoms with van der Waals surface area (Å²) in [6.45, 7) is 0. The summed E-state index contributed by atoms with van der Waals surface area (Å²) in [7, 11) is 1.43. The Balaban J connectivity index is 2.64. The molecule has 82 valence electrons. The highest BCUT2D eigenvalue weighted by atomic mass is 35.5. The number of H-pyrrole nitrogens is 1. The minimum Gasteiger partial charge on any atom is -0.490 e. The van der Waals surface area contributed by atoms with Crippen LogP contribution in [0.15, 0.2) is 35.4 Å². The molecule has 0 atom stereocenters. The fourth-order valence-electron chi connectivity index (χ4n) is 1.42. The van der Waals surface area contributed by atoms with Crippen molar-refractivity contribution >= 4 is 11.6 Å². The van der Waals surface area contributed by atoms with E-state index in [1.54, 1.807) is 18.2 Å². The normalized spacial score (nSPS) is 10.1. The second-order valence-electron chi connectivity index (χ2n) is 3.12. The average Bonchev–Trinajstić information content (AvgIpc) is 2.28. The predicted octanol–water partition coefficient (Wildman–Crippen LogP) is 2.10. The second kappa shape index (κ2) is 4.37. The maximum absolute atomic E-state index is 11.5. The maximum Gasteiger partial charge on any atom is 0.293 e. The summed E-state index contributed by atoms with van der Waals surface area (Å²) in [5.41, 5.74) is 0.914. The zero-order valence-corrected chi connectivity index (χ0v) is 9.28. The molecule has 0 aliphatic carbocycles. The van der Waals surface area contributed by atoms with Gasteiger partial charge >= 0.3 is 0 Å². The Bertz CT molecular complexity index is 566. The molecule has 0 aliphatic rings. The molecular formula is C11H9ClN2O2. The lowest BCUT2D eigenvalue weighted by atomic mass is 10.1. The van der Waals surface area contributed by atoms with Crippen molar-refractivity contribution in [1.29, 1.82) is 0 Å². The number of benzene rings is 1. The van der Waals surface area contributed by atoms with Crippen LogP contribution in [0.5, 0.6) is 5.75 Å². The molecule has 0 fully saturated rings. The van der Waals surface area contributed by atoms with Gasteiger partial charge in [-0.2, -0.15) is 0 Å². The highest BCUT2D eigenvalue weighted by Gasteiger charge is 2.10. The van der Waals surface area contributed by atoms with Gasteiger partial charge in [0.2, 0.25) is 5.75 Å². The molecule has 5 heteroatoms. The van der Waals surface area contributed by atoms with E-state index in [0.29, 0.717) is 10.7 Å². The molecule has 0 unspecified atom stereocenters. The van der Waals surface area contributed by atoms with Gasteiger partial charge < -0.3 is 9.72 Å².